The molecule has 0 bridgehead atoms. The van der Waals surface area contributed by atoms with E-state index in [4.69, 9.17) is 9.26 Å². The Morgan fingerprint density at radius 1 is 1.11 bits per heavy atom. The molecule has 0 radical (unpaired) electrons. The van der Waals surface area contributed by atoms with Gasteiger partial charge < -0.3 is 14.2 Å². The lowest BCUT2D eigenvalue weighted by molar-refractivity contribution is -0.137. The zero-order valence-corrected chi connectivity index (χ0v) is 22.4. The van der Waals surface area contributed by atoms with Gasteiger partial charge in [0.1, 0.15) is 18.3 Å². The minimum absolute atomic E-state index is 0.0834. The van der Waals surface area contributed by atoms with Crippen LogP contribution in [0.4, 0.5) is 0 Å². The predicted molar refractivity (Wildman–Crippen MR) is 143 cm³/mol. The van der Waals surface area contributed by atoms with E-state index in [-0.39, 0.29) is 29.3 Å². The summed E-state index contributed by atoms with van der Waals surface area (Å²) in [7, 11) is -2.28. The van der Waals surface area contributed by atoms with Gasteiger partial charge in [0.25, 0.3) is 0 Å². The first-order valence-electron chi connectivity index (χ1n) is 12.6. The lowest BCUT2D eigenvalue weighted by Crippen LogP contribution is -2.49. The van der Waals surface area contributed by atoms with E-state index < -0.39 is 16.1 Å². The number of aromatic nitrogens is 2. The summed E-state index contributed by atoms with van der Waals surface area (Å²) in [6.07, 6.45) is 1.06. The smallest absolute Gasteiger partial charge is 0.246 e. The molecule has 10 heteroatoms. The largest absolute Gasteiger partial charge is 0.497 e. The molecule has 5 rings (SSSR count). The number of rotatable bonds is 8. The van der Waals surface area contributed by atoms with Crippen molar-refractivity contribution < 1.29 is 22.5 Å². The Balaban J connectivity index is 1.36. The van der Waals surface area contributed by atoms with Gasteiger partial charge in [-0.3, -0.25) is 4.79 Å². The number of fused-ring (bicyclic) bond motifs is 1. The number of benzene rings is 3. The Morgan fingerprint density at radius 2 is 1.84 bits per heavy atom. The second-order valence-electron chi connectivity index (χ2n) is 9.58. The number of carbonyl (C=O) groups excluding carboxylic acids is 1. The van der Waals surface area contributed by atoms with E-state index in [1.54, 1.807) is 42.3 Å². The molecule has 1 fully saturated rings. The number of hydrogen-bond donors (Lipinski definition) is 0. The number of methoxy groups -OCH3 is 1. The van der Waals surface area contributed by atoms with Crippen LogP contribution in [0.15, 0.2) is 76.1 Å². The number of amides is 1. The van der Waals surface area contributed by atoms with Crippen LogP contribution >= 0.6 is 0 Å². The first-order valence-corrected chi connectivity index (χ1v) is 14.0. The summed E-state index contributed by atoms with van der Waals surface area (Å²) >= 11 is 0. The molecule has 1 aromatic heterocycles. The molecule has 1 amide bonds. The van der Waals surface area contributed by atoms with Crippen molar-refractivity contribution in [1.29, 1.82) is 0 Å². The molecule has 1 atom stereocenters. The van der Waals surface area contributed by atoms with Gasteiger partial charge in [-0.2, -0.15) is 9.29 Å². The molecule has 1 aliphatic rings. The van der Waals surface area contributed by atoms with Gasteiger partial charge in [-0.05, 0) is 73.9 Å². The Morgan fingerprint density at radius 3 is 2.55 bits per heavy atom. The van der Waals surface area contributed by atoms with Crippen LogP contribution in [0.25, 0.3) is 22.2 Å². The van der Waals surface area contributed by atoms with Crippen LogP contribution in [0.1, 0.15) is 32.6 Å². The molecule has 0 N–H and O–H groups in total. The highest BCUT2D eigenvalue weighted by Gasteiger charge is 2.42. The Labute approximate surface area is 222 Å². The normalized spacial score (nSPS) is 16.3. The van der Waals surface area contributed by atoms with Crippen molar-refractivity contribution in [2.24, 2.45) is 0 Å². The van der Waals surface area contributed by atoms with E-state index >= 15 is 0 Å². The molecule has 0 saturated carbocycles. The van der Waals surface area contributed by atoms with E-state index in [1.807, 2.05) is 50.2 Å². The molecule has 3 aromatic carbocycles. The summed E-state index contributed by atoms with van der Waals surface area (Å²) in [5, 5.41) is 5.85. The second kappa shape index (κ2) is 10.5. The molecule has 198 valence electrons. The number of hydrogen-bond acceptors (Lipinski definition) is 7. The van der Waals surface area contributed by atoms with Crippen LogP contribution in [-0.2, 0) is 21.4 Å². The molecule has 9 nitrogen and oxygen atoms in total. The molecule has 2 heterocycles. The van der Waals surface area contributed by atoms with E-state index in [2.05, 4.69) is 10.1 Å². The fraction of sp³-hybridized carbons (Fsp3) is 0.321. The standard InChI is InChI=1S/C28H30N4O5S/c1-19(2)31(18-26-29-27(30-37-26)21-10-13-23(36-3)14-11-21)28(33)25-9-6-16-32(25)38(34,35)24-15-12-20-7-4-5-8-22(20)17-24/h4-5,7-8,10-15,17,19,25H,6,9,16,18H2,1-3H3. The first-order chi connectivity index (χ1) is 18.3. The summed E-state index contributed by atoms with van der Waals surface area (Å²) in [5.74, 6) is 1.12. The van der Waals surface area contributed by atoms with E-state index in [0.29, 0.717) is 31.0 Å². The van der Waals surface area contributed by atoms with Gasteiger partial charge in [0, 0.05) is 18.2 Å². The summed E-state index contributed by atoms with van der Waals surface area (Å²) < 4.78 is 39.3. The Hall–Kier alpha value is -3.76. The van der Waals surface area contributed by atoms with Crippen LogP contribution in [0, 0.1) is 0 Å². The highest BCUT2D eigenvalue weighted by atomic mass is 32.2. The third kappa shape index (κ3) is 5.01. The van der Waals surface area contributed by atoms with Gasteiger partial charge in [0.15, 0.2) is 0 Å². The third-order valence-corrected chi connectivity index (χ3v) is 8.75. The molecule has 1 saturated heterocycles. The van der Waals surface area contributed by atoms with E-state index in [9.17, 15) is 13.2 Å². The van der Waals surface area contributed by atoms with Gasteiger partial charge in [-0.15, -0.1) is 0 Å². The van der Waals surface area contributed by atoms with Gasteiger partial charge >= 0.3 is 0 Å². The minimum Gasteiger partial charge on any atom is -0.497 e. The number of ether oxygens (including phenoxy) is 1. The Bertz CT molecular complexity index is 1550. The molecule has 1 aliphatic heterocycles. The molecule has 38 heavy (non-hydrogen) atoms. The van der Waals surface area contributed by atoms with Gasteiger partial charge in [-0.25, -0.2) is 8.42 Å². The summed E-state index contributed by atoms with van der Waals surface area (Å²) in [6.45, 7) is 4.14. The van der Waals surface area contributed by atoms with Crippen LogP contribution in [0.3, 0.4) is 0 Å². The maximum Gasteiger partial charge on any atom is 0.246 e. The maximum atomic E-state index is 13.8. The quantitative estimate of drug-likeness (QED) is 0.328. The fourth-order valence-corrected chi connectivity index (χ4v) is 6.45. The van der Waals surface area contributed by atoms with Crippen LogP contribution < -0.4 is 4.74 Å². The summed E-state index contributed by atoms with van der Waals surface area (Å²) in [4.78, 5) is 20.0. The minimum atomic E-state index is -3.87. The second-order valence-corrected chi connectivity index (χ2v) is 11.5. The Kier molecular flexibility index (Phi) is 7.18. The zero-order valence-electron chi connectivity index (χ0n) is 21.6. The van der Waals surface area contributed by atoms with Crippen molar-refractivity contribution in [2.75, 3.05) is 13.7 Å². The predicted octanol–water partition coefficient (Wildman–Crippen LogP) is 4.49. The topological polar surface area (TPSA) is 106 Å². The van der Waals surface area contributed by atoms with Gasteiger partial charge in [0.2, 0.25) is 27.6 Å². The average molecular weight is 535 g/mol. The van der Waals surface area contributed by atoms with Crippen LogP contribution in [-0.4, -0.2) is 59.4 Å². The van der Waals surface area contributed by atoms with Crippen molar-refractivity contribution in [2.45, 2.75) is 50.2 Å². The third-order valence-electron chi connectivity index (χ3n) is 6.84. The molecule has 0 aliphatic carbocycles. The molecule has 0 spiro atoms. The van der Waals surface area contributed by atoms with Gasteiger partial charge in [0.05, 0.1) is 12.0 Å². The molecule has 1 unspecified atom stereocenters. The zero-order chi connectivity index (χ0) is 26.9. The number of nitrogens with zero attached hydrogens (tertiary/aromatic N) is 4. The van der Waals surface area contributed by atoms with E-state index in [0.717, 1.165) is 16.3 Å². The van der Waals surface area contributed by atoms with Crippen molar-refractivity contribution >= 4 is 26.7 Å². The van der Waals surface area contributed by atoms with Crippen molar-refractivity contribution in [3.8, 4) is 17.1 Å². The highest BCUT2D eigenvalue weighted by Crippen LogP contribution is 2.30. The average Bonchev–Trinajstić information content (AvgIpc) is 3.62. The van der Waals surface area contributed by atoms with Crippen LogP contribution in [0.5, 0.6) is 5.75 Å². The summed E-state index contributed by atoms with van der Waals surface area (Å²) in [6, 6.07) is 18.9. The monoisotopic (exact) mass is 534 g/mol. The fourth-order valence-electron chi connectivity index (χ4n) is 4.77. The highest BCUT2D eigenvalue weighted by molar-refractivity contribution is 7.89. The van der Waals surface area contributed by atoms with Crippen molar-refractivity contribution in [3.63, 3.8) is 0 Å². The summed E-state index contributed by atoms with van der Waals surface area (Å²) in [5.41, 5.74) is 0.756. The SMILES string of the molecule is COc1ccc(-c2noc(CN(C(=O)C3CCCN3S(=O)(=O)c3ccc4ccccc4c3)C(C)C)n2)cc1. The molecular weight excluding hydrogens is 504 g/mol. The van der Waals surface area contributed by atoms with Gasteiger partial charge in [-0.1, -0.05) is 35.5 Å². The maximum absolute atomic E-state index is 13.8. The lowest BCUT2D eigenvalue weighted by Gasteiger charge is -2.31. The first kappa shape index (κ1) is 25.9. The number of carbonyl (C=O) groups is 1. The van der Waals surface area contributed by atoms with Crippen LogP contribution in [0.2, 0.25) is 0 Å². The van der Waals surface area contributed by atoms with E-state index in [1.165, 1.54) is 4.31 Å². The van der Waals surface area contributed by atoms with Crippen molar-refractivity contribution in [3.05, 3.63) is 72.6 Å². The number of sulfonamides is 1. The molecular formula is C28H30N4O5S. The van der Waals surface area contributed by atoms with Crippen molar-refractivity contribution in [1.82, 2.24) is 19.3 Å². The lowest BCUT2D eigenvalue weighted by atomic mass is 10.1. The molecule has 4 aromatic rings.